The van der Waals surface area contributed by atoms with Crippen LogP contribution in [0.5, 0.6) is 0 Å². The topological polar surface area (TPSA) is 71.3 Å². The predicted octanol–water partition coefficient (Wildman–Crippen LogP) is 4.82. The van der Waals surface area contributed by atoms with Crippen molar-refractivity contribution < 1.29 is 9.21 Å². The summed E-state index contributed by atoms with van der Waals surface area (Å²) in [5, 5.41) is 11.4. The molecule has 0 radical (unpaired) electrons. The Bertz CT molecular complexity index is 1220. The first kappa shape index (κ1) is 23.0. The van der Waals surface area contributed by atoms with Crippen molar-refractivity contribution in [2.75, 3.05) is 13.1 Å². The Morgan fingerprint density at radius 3 is 2.20 bits per heavy atom. The Morgan fingerprint density at radius 1 is 0.943 bits per heavy atom. The minimum atomic E-state index is -0.113. The predicted molar refractivity (Wildman–Crippen MR) is 135 cm³/mol. The summed E-state index contributed by atoms with van der Waals surface area (Å²) in [6.07, 6.45) is 1.57. The first-order valence-electron chi connectivity index (χ1n) is 12.1. The highest BCUT2D eigenvalue weighted by Gasteiger charge is 2.32. The lowest BCUT2D eigenvalue weighted by atomic mass is 9.88. The lowest BCUT2D eigenvalue weighted by molar-refractivity contribution is -0.123. The quantitative estimate of drug-likeness (QED) is 0.403. The van der Waals surface area contributed by atoms with Gasteiger partial charge in [0.25, 0.3) is 0 Å². The Labute approximate surface area is 206 Å². The number of carbonyl (C=O) groups excluding carboxylic acids is 1. The standard InChI is InChI=1S/C29H30N4O2/c1-21-31-32-29(35-21)27-18-24-14-8-9-15-25(24)19-33(27)20-28(34)30-17-16-26(22-10-4-2-5-11-22)23-12-6-3-7-13-23/h2-15,26-27H,16-20H2,1H3,(H,30,34). The molecule has 0 fully saturated rings. The fraction of sp³-hybridized carbons (Fsp3) is 0.276. The number of hydrogen-bond donors (Lipinski definition) is 1. The maximum absolute atomic E-state index is 13.0. The normalized spacial score (nSPS) is 15.7. The molecule has 6 nitrogen and oxygen atoms in total. The number of fused-ring (bicyclic) bond motifs is 1. The van der Waals surface area contributed by atoms with Gasteiger partial charge in [-0.25, -0.2) is 0 Å². The van der Waals surface area contributed by atoms with E-state index in [1.165, 1.54) is 22.3 Å². The van der Waals surface area contributed by atoms with Gasteiger partial charge in [-0.05, 0) is 35.1 Å². The monoisotopic (exact) mass is 466 g/mol. The van der Waals surface area contributed by atoms with Crippen molar-refractivity contribution in [2.45, 2.75) is 38.3 Å². The Hall–Kier alpha value is -3.77. The highest BCUT2D eigenvalue weighted by atomic mass is 16.4. The van der Waals surface area contributed by atoms with Crippen molar-refractivity contribution in [3.63, 3.8) is 0 Å². The number of hydrogen-bond acceptors (Lipinski definition) is 5. The van der Waals surface area contributed by atoms with Gasteiger partial charge in [-0.3, -0.25) is 9.69 Å². The van der Waals surface area contributed by atoms with Crippen LogP contribution in [0.15, 0.2) is 89.3 Å². The minimum Gasteiger partial charge on any atom is -0.424 e. The van der Waals surface area contributed by atoms with Crippen LogP contribution in [-0.4, -0.2) is 34.1 Å². The number of nitrogens with zero attached hydrogens (tertiary/aromatic N) is 3. The fourth-order valence-corrected chi connectivity index (χ4v) is 4.93. The number of benzene rings is 3. The van der Waals surface area contributed by atoms with E-state index in [9.17, 15) is 4.79 Å². The molecule has 2 heterocycles. The van der Waals surface area contributed by atoms with E-state index >= 15 is 0 Å². The van der Waals surface area contributed by atoms with Crippen LogP contribution in [0.3, 0.4) is 0 Å². The van der Waals surface area contributed by atoms with Crippen LogP contribution in [0, 0.1) is 6.92 Å². The summed E-state index contributed by atoms with van der Waals surface area (Å²) in [6, 6.07) is 29.2. The molecule has 3 aromatic carbocycles. The SMILES string of the molecule is Cc1nnc(C2Cc3ccccc3CN2CC(=O)NCCC(c2ccccc2)c2ccccc2)o1. The van der Waals surface area contributed by atoms with Gasteiger partial charge in [0.05, 0.1) is 12.6 Å². The van der Waals surface area contributed by atoms with E-state index in [1.807, 2.05) is 24.3 Å². The third-order valence-corrected chi connectivity index (χ3v) is 6.68. The van der Waals surface area contributed by atoms with Crippen LogP contribution >= 0.6 is 0 Å². The maximum atomic E-state index is 13.0. The molecule has 1 aliphatic heterocycles. The van der Waals surface area contributed by atoms with E-state index in [4.69, 9.17) is 4.42 Å². The molecule has 1 N–H and O–H groups in total. The lowest BCUT2D eigenvalue weighted by Gasteiger charge is -2.34. The van der Waals surface area contributed by atoms with Crippen LogP contribution in [-0.2, 0) is 17.8 Å². The molecule has 0 saturated heterocycles. The average molecular weight is 467 g/mol. The highest BCUT2D eigenvalue weighted by Crippen LogP contribution is 2.32. The van der Waals surface area contributed by atoms with Crippen molar-refractivity contribution in [2.24, 2.45) is 0 Å². The van der Waals surface area contributed by atoms with E-state index in [-0.39, 0.29) is 24.4 Å². The zero-order valence-corrected chi connectivity index (χ0v) is 19.9. The van der Waals surface area contributed by atoms with Crippen LogP contribution in [0.2, 0.25) is 0 Å². The number of aromatic nitrogens is 2. The van der Waals surface area contributed by atoms with E-state index in [1.54, 1.807) is 6.92 Å². The van der Waals surface area contributed by atoms with Crippen molar-refractivity contribution in [1.82, 2.24) is 20.4 Å². The molecule has 1 unspecified atom stereocenters. The van der Waals surface area contributed by atoms with Gasteiger partial charge in [-0.1, -0.05) is 84.9 Å². The van der Waals surface area contributed by atoms with Crippen LogP contribution < -0.4 is 5.32 Å². The van der Waals surface area contributed by atoms with Crippen LogP contribution in [0.25, 0.3) is 0 Å². The van der Waals surface area contributed by atoms with Crippen molar-refractivity contribution >= 4 is 5.91 Å². The summed E-state index contributed by atoms with van der Waals surface area (Å²) < 4.78 is 5.76. The van der Waals surface area contributed by atoms with Gasteiger partial charge in [0.15, 0.2) is 0 Å². The van der Waals surface area contributed by atoms with Gasteiger partial charge < -0.3 is 9.73 Å². The molecule has 1 aromatic heterocycles. The largest absolute Gasteiger partial charge is 0.424 e. The van der Waals surface area contributed by atoms with Gasteiger partial charge in [0.1, 0.15) is 0 Å². The summed E-state index contributed by atoms with van der Waals surface area (Å²) >= 11 is 0. The minimum absolute atomic E-state index is 0.00508. The van der Waals surface area contributed by atoms with Crippen LogP contribution in [0.4, 0.5) is 0 Å². The second-order valence-corrected chi connectivity index (χ2v) is 9.07. The Morgan fingerprint density at radius 2 is 1.57 bits per heavy atom. The molecule has 1 aliphatic rings. The zero-order chi connectivity index (χ0) is 24.0. The molecule has 1 amide bonds. The molecule has 0 spiro atoms. The Balaban J connectivity index is 1.25. The van der Waals surface area contributed by atoms with Crippen LogP contribution in [0.1, 0.15) is 52.4 Å². The highest BCUT2D eigenvalue weighted by molar-refractivity contribution is 5.78. The number of aryl methyl sites for hydroxylation is 1. The van der Waals surface area contributed by atoms with Crippen molar-refractivity contribution in [1.29, 1.82) is 0 Å². The van der Waals surface area contributed by atoms with E-state index in [2.05, 4.69) is 81.1 Å². The number of carbonyl (C=O) groups is 1. The summed E-state index contributed by atoms with van der Waals surface area (Å²) in [4.78, 5) is 15.2. The summed E-state index contributed by atoms with van der Waals surface area (Å²) in [5.41, 5.74) is 5.01. The first-order valence-corrected chi connectivity index (χ1v) is 12.1. The van der Waals surface area contributed by atoms with E-state index < -0.39 is 0 Å². The average Bonchev–Trinajstić information content (AvgIpc) is 3.33. The molecule has 35 heavy (non-hydrogen) atoms. The first-order chi connectivity index (χ1) is 17.2. The smallest absolute Gasteiger partial charge is 0.234 e. The molecule has 0 bridgehead atoms. The molecule has 0 aliphatic carbocycles. The number of rotatable bonds is 8. The summed E-state index contributed by atoms with van der Waals surface area (Å²) in [7, 11) is 0. The molecule has 6 heteroatoms. The third kappa shape index (κ3) is 5.49. The van der Waals surface area contributed by atoms with Gasteiger partial charge in [0.2, 0.25) is 17.7 Å². The third-order valence-electron chi connectivity index (χ3n) is 6.68. The van der Waals surface area contributed by atoms with E-state index in [0.717, 1.165) is 12.8 Å². The second kappa shape index (κ2) is 10.7. The summed E-state index contributed by atoms with van der Waals surface area (Å²) in [5.74, 6) is 1.34. The second-order valence-electron chi connectivity index (χ2n) is 9.07. The maximum Gasteiger partial charge on any atom is 0.234 e. The van der Waals surface area contributed by atoms with Crippen molar-refractivity contribution in [3.8, 4) is 0 Å². The lowest BCUT2D eigenvalue weighted by Crippen LogP contribution is -2.42. The molecular formula is C29H30N4O2. The fourth-order valence-electron chi connectivity index (χ4n) is 4.93. The van der Waals surface area contributed by atoms with E-state index in [0.29, 0.717) is 24.9 Å². The number of nitrogens with one attached hydrogen (secondary N) is 1. The molecule has 0 saturated carbocycles. The molecular weight excluding hydrogens is 436 g/mol. The molecule has 4 aromatic rings. The van der Waals surface area contributed by atoms with Gasteiger partial charge in [-0.15, -0.1) is 10.2 Å². The van der Waals surface area contributed by atoms with Gasteiger partial charge in [-0.2, -0.15) is 0 Å². The number of amides is 1. The molecule has 178 valence electrons. The Kier molecular flexibility index (Phi) is 7.00. The van der Waals surface area contributed by atoms with Gasteiger partial charge in [0, 0.05) is 25.9 Å². The summed E-state index contributed by atoms with van der Waals surface area (Å²) in [6.45, 7) is 3.34. The van der Waals surface area contributed by atoms with Gasteiger partial charge >= 0.3 is 0 Å². The molecule has 1 atom stereocenters. The molecule has 5 rings (SSSR count). The van der Waals surface area contributed by atoms with Crippen molar-refractivity contribution in [3.05, 3.63) is 119 Å². The zero-order valence-electron chi connectivity index (χ0n) is 19.9.